The van der Waals surface area contributed by atoms with Gasteiger partial charge in [0.15, 0.2) is 0 Å². The van der Waals surface area contributed by atoms with E-state index in [4.69, 9.17) is 18.5 Å². The van der Waals surface area contributed by atoms with Crippen LogP contribution in [-0.4, -0.2) is 70.7 Å². The molecule has 0 aromatic heterocycles. The van der Waals surface area contributed by atoms with Crippen molar-refractivity contribution >= 4 is 13.8 Å². The molecule has 0 aliphatic rings. The second kappa shape index (κ2) is 37.4. The maximum atomic E-state index is 12.6. The number of phosphoric acid groups is 1. The van der Waals surface area contributed by atoms with E-state index in [9.17, 15) is 14.3 Å². The highest BCUT2D eigenvalue weighted by atomic mass is 31.2. The number of hydrogen-bond acceptors (Lipinski definition) is 7. The van der Waals surface area contributed by atoms with Crippen LogP contribution in [0.15, 0.2) is 48.6 Å². The lowest BCUT2D eigenvalue weighted by atomic mass is 10.1. The predicted molar refractivity (Wildman–Crippen MR) is 222 cm³/mol. The Morgan fingerprint density at radius 1 is 0.585 bits per heavy atom. The minimum atomic E-state index is -4.53. The summed E-state index contributed by atoms with van der Waals surface area (Å²) in [6.45, 7) is 5.30. The van der Waals surface area contributed by atoms with Crippen LogP contribution in [-0.2, 0) is 27.9 Å². The van der Waals surface area contributed by atoms with Crippen molar-refractivity contribution in [3.8, 4) is 0 Å². The SMILES string of the molecule is CCCC/C=C\C/C=C\CCCCCCCC(=O)OC(COCCCCCCCC/C=C\C/C=C\CCCCCC)COP(=O)([O-])OCC[N+](C)(C)C. The van der Waals surface area contributed by atoms with Gasteiger partial charge in [0.2, 0.25) is 0 Å². The second-order valence-corrected chi connectivity index (χ2v) is 16.8. The number of hydrogen-bond donors (Lipinski definition) is 0. The van der Waals surface area contributed by atoms with E-state index in [0.29, 0.717) is 24.1 Å². The molecule has 0 aromatic rings. The van der Waals surface area contributed by atoms with Crippen LogP contribution in [0.25, 0.3) is 0 Å². The largest absolute Gasteiger partial charge is 0.756 e. The van der Waals surface area contributed by atoms with Gasteiger partial charge in [0.25, 0.3) is 7.82 Å². The van der Waals surface area contributed by atoms with Crippen LogP contribution in [0.4, 0.5) is 0 Å². The molecule has 0 saturated carbocycles. The van der Waals surface area contributed by atoms with Gasteiger partial charge < -0.3 is 27.9 Å². The number of quaternary nitrogens is 1. The monoisotopic (exact) mass is 768 g/mol. The van der Waals surface area contributed by atoms with Crippen molar-refractivity contribution < 1.29 is 37.3 Å². The lowest BCUT2D eigenvalue weighted by molar-refractivity contribution is -0.870. The molecule has 0 spiro atoms. The van der Waals surface area contributed by atoms with Crippen molar-refractivity contribution in [2.24, 2.45) is 0 Å². The molecular weight excluding hydrogens is 685 g/mol. The van der Waals surface area contributed by atoms with Crippen LogP contribution < -0.4 is 4.89 Å². The van der Waals surface area contributed by atoms with Gasteiger partial charge in [-0.1, -0.05) is 140 Å². The highest BCUT2D eigenvalue weighted by Crippen LogP contribution is 2.38. The number of carbonyl (C=O) groups excluding carboxylic acids is 1. The molecule has 2 unspecified atom stereocenters. The average molecular weight is 768 g/mol. The summed E-state index contributed by atoms with van der Waals surface area (Å²) in [5, 5.41) is 0. The zero-order valence-corrected chi connectivity index (χ0v) is 35.8. The molecule has 310 valence electrons. The molecule has 9 heteroatoms. The Morgan fingerprint density at radius 3 is 1.58 bits per heavy atom. The number of esters is 1. The number of rotatable bonds is 39. The molecule has 0 aromatic carbocycles. The standard InChI is InChI=1S/C44H82NO7P/c1-6-8-10-12-14-16-18-20-22-23-24-26-28-30-32-34-36-39-49-41-43(42-51-53(47,48)50-40-38-45(3,4)5)52-44(46)37-35-33-31-29-27-25-21-19-17-15-13-11-9-7-2/h13,15-16,18-19,21-23,43H,6-12,14,17,20,24-42H2,1-5H3/b15-13-,18-16-,21-19-,23-22-. The Balaban J connectivity index is 4.30. The third-order valence-corrected chi connectivity index (χ3v) is 9.82. The van der Waals surface area contributed by atoms with Gasteiger partial charge in [-0.3, -0.25) is 9.36 Å². The van der Waals surface area contributed by atoms with Crippen LogP contribution in [0.3, 0.4) is 0 Å². The molecular formula is C44H82NO7P. The summed E-state index contributed by atoms with van der Waals surface area (Å²) in [5.74, 6) is -0.354. The Hall–Kier alpha value is -1.54. The van der Waals surface area contributed by atoms with E-state index in [1.807, 2.05) is 21.1 Å². The summed E-state index contributed by atoms with van der Waals surface area (Å²) < 4.78 is 34.5. The molecule has 0 N–H and O–H groups in total. The molecule has 53 heavy (non-hydrogen) atoms. The predicted octanol–water partition coefficient (Wildman–Crippen LogP) is 11.7. The van der Waals surface area contributed by atoms with Gasteiger partial charge in [-0.25, -0.2) is 0 Å². The number of carbonyl (C=O) groups is 1. The molecule has 0 fully saturated rings. The normalized spacial score (nSPS) is 14.3. The maximum Gasteiger partial charge on any atom is 0.306 e. The number of allylic oxidation sites excluding steroid dienone is 8. The Kier molecular flexibility index (Phi) is 36.3. The fourth-order valence-electron chi connectivity index (χ4n) is 5.47. The van der Waals surface area contributed by atoms with Crippen molar-refractivity contribution in [3.63, 3.8) is 0 Å². The van der Waals surface area contributed by atoms with Crippen LogP contribution in [0, 0.1) is 0 Å². The van der Waals surface area contributed by atoms with E-state index < -0.39 is 13.9 Å². The molecule has 0 radical (unpaired) electrons. The van der Waals surface area contributed by atoms with Gasteiger partial charge in [-0.2, -0.15) is 0 Å². The van der Waals surface area contributed by atoms with Crippen molar-refractivity contribution in [2.45, 2.75) is 174 Å². The zero-order chi connectivity index (χ0) is 39.1. The van der Waals surface area contributed by atoms with E-state index in [2.05, 4.69) is 62.5 Å². The minimum Gasteiger partial charge on any atom is -0.756 e. The summed E-state index contributed by atoms with van der Waals surface area (Å²) in [6, 6.07) is 0. The third kappa shape index (κ3) is 41.5. The van der Waals surface area contributed by atoms with Gasteiger partial charge in [0.1, 0.15) is 19.3 Å². The highest BCUT2D eigenvalue weighted by molar-refractivity contribution is 7.45. The Morgan fingerprint density at radius 2 is 1.06 bits per heavy atom. The summed E-state index contributed by atoms with van der Waals surface area (Å²) in [6.07, 6.45) is 44.0. The molecule has 0 heterocycles. The van der Waals surface area contributed by atoms with E-state index in [1.165, 1.54) is 70.6 Å². The smallest absolute Gasteiger partial charge is 0.306 e. The van der Waals surface area contributed by atoms with Crippen LogP contribution in [0.1, 0.15) is 168 Å². The molecule has 0 saturated heterocycles. The number of ether oxygens (including phenoxy) is 2. The summed E-state index contributed by atoms with van der Waals surface area (Å²) >= 11 is 0. The molecule has 0 aliphatic carbocycles. The van der Waals surface area contributed by atoms with Gasteiger partial charge in [-0.05, 0) is 70.6 Å². The fourth-order valence-corrected chi connectivity index (χ4v) is 6.20. The van der Waals surface area contributed by atoms with E-state index in [1.54, 1.807) is 0 Å². The lowest BCUT2D eigenvalue weighted by Gasteiger charge is -2.28. The first-order valence-electron chi connectivity index (χ1n) is 21.4. The first-order chi connectivity index (χ1) is 25.6. The first-order valence-corrected chi connectivity index (χ1v) is 22.8. The lowest BCUT2D eigenvalue weighted by Crippen LogP contribution is -2.37. The number of unbranched alkanes of at least 4 members (excludes halogenated alkanes) is 17. The summed E-state index contributed by atoms with van der Waals surface area (Å²) in [5.41, 5.74) is 0. The second-order valence-electron chi connectivity index (χ2n) is 15.3. The number of likely N-dealkylation sites (N-methyl/N-ethyl adjacent to an activating group) is 1. The average Bonchev–Trinajstić information content (AvgIpc) is 3.11. The fraction of sp³-hybridized carbons (Fsp3) is 0.795. The number of phosphoric ester groups is 1. The quantitative estimate of drug-likeness (QED) is 0.0202. The summed E-state index contributed by atoms with van der Waals surface area (Å²) in [4.78, 5) is 25.0. The van der Waals surface area contributed by atoms with E-state index in [0.717, 1.165) is 77.0 Å². The van der Waals surface area contributed by atoms with Gasteiger partial charge in [-0.15, -0.1) is 0 Å². The molecule has 0 aliphatic heterocycles. The molecule has 0 bridgehead atoms. The van der Waals surface area contributed by atoms with Crippen LogP contribution >= 0.6 is 7.82 Å². The van der Waals surface area contributed by atoms with Gasteiger partial charge >= 0.3 is 5.97 Å². The van der Waals surface area contributed by atoms with Crippen LogP contribution in [0.5, 0.6) is 0 Å². The third-order valence-electron chi connectivity index (χ3n) is 8.85. The van der Waals surface area contributed by atoms with Crippen molar-refractivity contribution in [3.05, 3.63) is 48.6 Å². The zero-order valence-electron chi connectivity index (χ0n) is 35.0. The van der Waals surface area contributed by atoms with E-state index >= 15 is 0 Å². The van der Waals surface area contributed by atoms with Gasteiger partial charge in [0.05, 0.1) is 34.4 Å². The van der Waals surface area contributed by atoms with E-state index in [-0.39, 0.29) is 25.8 Å². The summed E-state index contributed by atoms with van der Waals surface area (Å²) in [7, 11) is 1.33. The van der Waals surface area contributed by atoms with Crippen LogP contribution in [0.2, 0.25) is 0 Å². The minimum absolute atomic E-state index is 0.0194. The first kappa shape index (κ1) is 51.5. The van der Waals surface area contributed by atoms with Crippen molar-refractivity contribution in [1.29, 1.82) is 0 Å². The highest BCUT2D eigenvalue weighted by Gasteiger charge is 2.20. The van der Waals surface area contributed by atoms with Gasteiger partial charge in [0, 0.05) is 13.0 Å². The topological polar surface area (TPSA) is 94.1 Å². The van der Waals surface area contributed by atoms with Crippen molar-refractivity contribution in [2.75, 3.05) is 54.1 Å². The van der Waals surface area contributed by atoms with Crippen molar-refractivity contribution in [1.82, 2.24) is 0 Å². The molecule has 0 rings (SSSR count). The molecule has 2 atom stereocenters. The molecule has 8 nitrogen and oxygen atoms in total. The maximum absolute atomic E-state index is 12.6. The Labute approximate surface area is 327 Å². The number of nitrogens with zero attached hydrogens (tertiary/aromatic N) is 1. The Bertz CT molecular complexity index is 989. The molecule has 0 amide bonds.